The average Bonchev–Trinajstić information content (AvgIpc) is 2.10. The van der Waals surface area contributed by atoms with Gasteiger partial charge in [0.05, 0.1) is 5.92 Å². The highest BCUT2D eigenvalue weighted by Crippen LogP contribution is 2.10. The number of rotatable bonds is 3. The molecule has 0 spiro atoms. The fourth-order valence-corrected chi connectivity index (χ4v) is 0.726. The van der Waals surface area contributed by atoms with Crippen molar-refractivity contribution in [1.82, 2.24) is 5.32 Å². The number of nitrogens with one attached hydrogen (secondary N) is 1. The summed E-state index contributed by atoms with van der Waals surface area (Å²) in [5.41, 5.74) is 5.32. The standard InChI is InChI=1S/C9H19N3O2/c1-6(7(10)12-14)8(13)11-5-9(2,3)4/h6,14H,5H2,1-4H3,(H2,10,12)(H,11,13). The van der Waals surface area contributed by atoms with Crippen molar-refractivity contribution in [3.63, 3.8) is 0 Å². The van der Waals surface area contributed by atoms with Gasteiger partial charge >= 0.3 is 0 Å². The summed E-state index contributed by atoms with van der Waals surface area (Å²) in [4.78, 5) is 11.4. The summed E-state index contributed by atoms with van der Waals surface area (Å²) in [5, 5.41) is 13.9. The maximum Gasteiger partial charge on any atom is 0.230 e. The summed E-state index contributed by atoms with van der Waals surface area (Å²) < 4.78 is 0. The van der Waals surface area contributed by atoms with Gasteiger partial charge in [0, 0.05) is 6.54 Å². The maximum absolute atomic E-state index is 11.4. The van der Waals surface area contributed by atoms with Crippen molar-refractivity contribution < 1.29 is 10.0 Å². The van der Waals surface area contributed by atoms with Crippen LogP contribution in [0, 0.1) is 11.3 Å². The van der Waals surface area contributed by atoms with E-state index in [0.29, 0.717) is 6.54 Å². The second-order valence-corrected chi connectivity index (χ2v) is 4.53. The van der Waals surface area contributed by atoms with Crippen LogP contribution in [0.2, 0.25) is 0 Å². The Kier molecular flexibility index (Phi) is 4.40. The Morgan fingerprint density at radius 2 is 2.07 bits per heavy atom. The molecular weight excluding hydrogens is 182 g/mol. The van der Waals surface area contributed by atoms with Gasteiger partial charge in [-0.1, -0.05) is 25.9 Å². The van der Waals surface area contributed by atoms with Gasteiger partial charge in [-0.25, -0.2) is 0 Å². The molecule has 14 heavy (non-hydrogen) atoms. The summed E-state index contributed by atoms with van der Waals surface area (Å²) in [6, 6.07) is 0. The molecule has 0 rings (SSSR count). The van der Waals surface area contributed by atoms with E-state index in [9.17, 15) is 4.79 Å². The lowest BCUT2D eigenvalue weighted by Gasteiger charge is -2.20. The molecule has 5 heteroatoms. The van der Waals surface area contributed by atoms with Gasteiger partial charge in [0.25, 0.3) is 0 Å². The fourth-order valence-electron chi connectivity index (χ4n) is 0.726. The Hall–Kier alpha value is -1.26. The van der Waals surface area contributed by atoms with Crippen molar-refractivity contribution in [2.45, 2.75) is 27.7 Å². The van der Waals surface area contributed by atoms with Crippen LogP contribution in [0.3, 0.4) is 0 Å². The molecule has 1 amide bonds. The minimum Gasteiger partial charge on any atom is -0.409 e. The Bertz CT molecular complexity index is 231. The highest BCUT2D eigenvalue weighted by atomic mass is 16.4. The van der Waals surface area contributed by atoms with Crippen LogP contribution in [0.25, 0.3) is 0 Å². The molecule has 0 bridgehead atoms. The summed E-state index contributed by atoms with van der Waals surface area (Å²) >= 11 is 0. The van der Waals surface area contributed by atoms with E-state index in [4.69, 9.17) is 10.9 Å². The SMILES string of the molecule is CC(C(=O)NCC(C)(C)C)C(N)=NO. The van der Waals surface area contributed by atoms with Crippen molar-refractivity contribution in [1.29, 1.82) is 0 Å². The highest BCUT2D eigenvalue weighted by Gasteiger charge is 2.19. The van der Waals surface area contributed by atoms with Crippen LogP contribution in [0.15, 0.2) is 5.16 Å². The molecule has 0 aromatic heterocycles. The minimum absolute atomic E-state index is 0.0283. The number of nitrogens with zero attached hydrogens (tertiary/aromatic N) is 1. The van der Waals surface area contributed by atoms with Gasteiger partial charge in [0.15, 0.2) is 5.84 Å². The van der Waals surface area contributed by atoms with Crippen LogP contribution in [0.5, 0.6) is 0 Å². The van der Waals surface area contributed by atoms with E-state index in [2.05, 4.69) is 10.5 Å². The molecule has 0 aromatic carbocycles. The largest absolute Gasteiger partial charge is 0.409 e. The molecule has 5 nitrogen and oxygen atoms in total. The Labute approximate surface area is 84.4 Å². The van der Waals surface area contributed by atoms with Crippen molar-refractivity contribution in [2.24, 2.45) is 22.2 Å². The quantitative estimate of drug-likeness (QED) is 0.269. The third kappa shape index (κ3) is 4.69. The highest BCUT2D eigenvalue weighted by molar-refractivity contribution is 6.01. The second-order valence-electron chi connectivity index (χ2n) is 4.53. The van der Waals surface area contributed by atoms with Crippen LogP contribution < -0.4 is 11.1 Å². The number of amidine groups is 1. The van der Waals surface area contributed by atoms with Crippen molar-refractivity contribution in [2.75, 3.05) is 6.54 Å². The van der Waals surface area contributed by atoms with Gasteiger partial charge < -0.3 is 16.3 Å². The number of carbonyl (C=O) groups excluding carboxylic acids is 1. The number of nitrogens with two attached hydrogens (primary N) is 1. The van der Waals surface area contributed by atoms with Crippen LogP contribution in [-0.2, 0) is 4.79 Å². The monoisotopic (exact) mass is 201 g/mol. The zero-order valence-electron chi connectivity index (χ0n) is 9.16. The topological polar surface area (TPSA) is 87.7 Å². The molecule has 0 aromatic rings. The van der Waals surface area contributed by atoms with Gasteiger partial charge in [0.1, 0.15) is 0 Å². The molecule has 0 aliphatic rings. The van der Waals surface area contributed by atoms with E-state index in [0.717, 1.165) is 0 Å². The Morgan fingerprint density at radius 1 is 1.57 bits per heavy atom. The summed E-state index contributed by atoms with van der Waals surface area (Å²) in [6.45, 7) is 8.20. The first-order chi connectivity index (χ1) is 6.28. The predicted octanol–water partition coefficient (Wildman–Crippen LogP) is 0.531. The second kappa shape index (κ2) is 4.83. The van der Waals surface area contributed by atoms with Crippen molar-refractivity contribution >= 4 is 11.7 Å². The summed E-state index contributed by atoms with van der Waals surface area (Å²) in [7, 11) is 0. The lowest BCUT2D eigenvalue weighted by Crippen LogP contribution is -2.40. The smallest absolute Gasteiger partial charge is 0.230 e. The van der Waals surface area contributed by atoms with Crippen LogP contribution in [0.1, 0.15) is 27.7 Å². The van der Waals surface area contributed by atoms with E-state index >= 15 is 0 Å². The molecule has 82 valence electrons. The van der Waals surface area contributed by atoms with Crippen molar-refractivity contribution in [3.05, 3.63) is 0 Å². The lowest BCUT2D eigenvalue weighted by molar-refractivity contribution is -0.123. The Balaban J connectivity index is 4.10. The molecule has 1 atom stereocenters. The zero-order chi connectivity index (χ0) is 11.4. The van der Waals surface area contributed by atoms with E-state index in [1.54, 1.807) is 6.92 Å². The van der Waals surface area contributed by atoms with Crippen LogP contribution in [0.4, 0.5) is 0 Å². The van der Waals surface area contributed by atoms with Gasteiger partial charge in [-0.05, 0) is 12.3 Å². The first kappa shape index (κ1) is 12.7. The predicted molar refractivity (Wildman–Crippen MR) is 55.0 cm³/mol. The molecule has 0 radical (unpaired) electrons. The zero-order valence-corrected chi connectivity index (χ0v) is 9.16. The van der Waals surface area contributed by atoms with Crippen molar-refractivity contribution in [3.8, 4) is 0 Å². The summed E-state index contributed by atoms with van der Waals surface area (Å²) in [6.07, 6.45) is 0. The summed E-state index contributed by atoms with van der Waals surface area (Å²) in [5.74, 6) is -0.894. The van der Waals surface area contributed by atoms with Crippen LogP contribution >= 0.6 is 0 Å². The fraction of sp³-hybridized carbons (Fsp3) is 0.778. The van der Waals surface area contributed by atoms with E-state index in [1.807, 2.05) is 20.8 Å². The molecular formula is C9H19N3O2. The number of hydrogen-bond donors (Lipinski definition) is 3. The molecule has 1 unspecified atom stereocenters. The number of carbonyl (C=O) groups is 1. The average molecular weight is 201 g/mol. The first-order valence-corrected chi connectivity index (χ1v) is 4.53. The van der Waals surface area contributed by atoms with E-state index < -0.39 is 5.92 Å². The van der Waals surface area contributed by atoms with Gasteiger partial charge in [-0.15, -0.1) is 0 Å². The van der Waals surface area contributed by atoms with E-state index in [-0.39, 0.29) is 17.2 Å². The third-order valence-electron chi connectivity index (χ3n) is 1.75. The molecule has 0 aliphatic heterocycles. The minimum atomic E-state index is -0.595. The number of amides is 1. The van der Waals surface area contributed by atoms with Gasteiger partial charge in [-0.2, -0.15) is 0 Å². The molecule has 0 saturated heterocycles. The van der Waals surface area contributed by atoms with E-state index in [1.165, 1.54) is 0 Å². The van der Waals surface area contributed by atoms with Gasteiger partial charge in [-0.3, -0.25) is 4.79 Å². The molecule has 0 aliphatic carbocycles. The molecule has 0 heterocycles. The Morgan fingerprint density at radius 3 is 2.43 bits per heavy atom. The molecule has 0 saturated carbocycles. The van der Waals surface area contributed by atoms with Gasteiger partial charge in [0.2, 0.25) is 5.91 Å². The lowest BCUT2D eigenvalue weighted by atomic mass is 9.96. The molecule has 0 fully saturated rings. The maximum atomic E-state index is 11.4. The third-order valence-corrected chi connectivity index (χ3v) is 1.75. The number of oxime groups is 1. The molecule has 4 N–H and O–H groups in total. The number of hydrogen-bond acceptors (Lipinski definition) is 3. The normalized spacial score (nSPS) is 15.0. The van der Waals surface area contributed by atoms with Crippen LogP contribution in [-0.4, -0.2) is 23.5 Å². The first-order valence-electron chi connectivity index (χ1n) is 4.53.